The Labute approximate surface area is 136 Å². The first kappa shape index (κ1) is 15.8. The summed E-state index contributed by atoms with van der Waals surface area (Å²) in [5.41, 5.74) is 2.55. The molecule has 0 saturated heterocycles. The van der Waals surface area contributed by atoms with E-state index in [1.54, 1.807) is 12.1 Å². The highest BCUT2D eigenvalue weighted by Gasteiger charge is 2.14. The summed E-state index contributed by atoms with van der Waals surface area (Å²) >= 11 is 9.26. The molecule has 0 atom stereocenters. The van der Waals surface area contributed by atoms with Gasteiger partial charge in [0.1, 0.15) is 11.5 Å². The van der Waals surface area contributed by atoms with E-state index in [-0.39, 0.29) is 11.6 Å². The molecule has 4 nitrogen and oxygen atoms in total. The predicted octanol–water partition coefficient (Wildman–Crippen LogP) is 5.51. The summed E-state index contributed by atoms with van der Waals surface area (Å²) in [5, 5.41) is 10.9. The van der Waals surface area contributed by atoms with Crippen LogP contribution in [0.3, 0.4) is 0 Å². The molecule has 0 unspecified atom stereocenters. The maximum atomic E-state index is 10.9. The molecule has 2 aromatic rings. The minimum atomic E-state index is -0.449. The van der Waals surface area contributed by atoms with E-state index in [0.717, 1.165) is 15.6 Å². The van der Waals surface area contributed by atoms with Gasteiger partial charge in [0, 0.05) is 16.1 Å². The zero-order chi connectivity index (χ0) is 15.6. The zero-order valence-corrected chi connectivity index (χ0v) is 13.9. The van der Waals surface area contributed by atoms with Crippen molar-refractivity contribution in [2.75, 3.05) is 0 Å². The van der Waals surface area contributed by atoms with Gasteiger partial charge in [0.2, 0.25) is 0 Å². The first-order chi connectivity index (χ1) is 9.92. The van der Waals surface area contributed by atoms with Gasteiger partial charge < -0.3 is 4.74 Å². The Kier molecular flexibility index (Phi) is 4.85. The fourth-order valence-electron chi connectivity index (χ4n) is 2.01. The molecular formula is C15H13BrClNO3. The molecule has 0 N–H and O–H groups in total. The number of hydrogen-bond donors (Lipinski definition) is 0. The van der Waals surface area contributed by atoms with Crippen LogP contribution >= 0.6 is 27.5 Å². The molecule has 110 valence electrons. The Balaban J connectivity index is 2.34. The summed E-state index contributed by atoms with van der Waals surface area (Å²) in [6.45, 7) is 3.95. The molecule has 0 bridgehead atoms. The van der Waals surface area contributed by atoms with Crippen LogP contribution in [-0.4, -0.2) is 4.92 Å². The lowest BCUT2D eigenvalue weighted by Gasteiger charge is -2.10. The van der Waals surface area contributed by atoms with E-state index in [4.69, 9.17) is 16.3 Å². The smallest absolute Gasteiger partial charge is 0.274 e. The molecule has 2 rings (SSSR count). The molecule has 0 aromatic heterocycles. The molecule has 0 fully saturated rings. The number of nitrogens with zero attached hydrogens (tertiary/aromatic N) is 1. The summed E-state index contributed by atoms with van der Waals surface area (Å²) < 4.78 is 6.81. The van der Waals surface area contributed by atoms with E-state index in [2.05, 4.69) is 15.9 Å². The third-order valence-electron chi connectivity index (χ3n) is 3.04. The average Bonchev–Trinajstić information content (AvgIpc) is 2.44. The number of nitro groups is 1. The zero-order valence-electron chi connectivity index (χ0n) is 11.5. The Morgan fingerprint density at radius 3 is 2.33 bits per heavy atom. The van der Waals surface area contributed by atoms with Crippen molar-refractivity contribution in [2.24, 2.45) is 0 Å². The van der Waals surface area contributed by atoms with Crippen LogP contribution < -0.4 is 4.74 Å². The van der Waals surface area contributed by atoms with E-state index in [9.17, 15) is 10.1 Å². The van der Waals surface area contributed by atoms with Crippen molar-refractivity contribution < 1.29 is 9.66 Å². The Bertz CT molecular complexity index is 680. The highest BCUT2D eigenvalue weighted by atomic mass is 79.9. The number of hydrogen-bond acceptors (Lipinski definition) is 3. The molecule has 0 aliphatic heterocycles. The second-order valence-electron chi connectivity index (χ2n) is 4.65. The van der Waals surface area contributed by atoms with E-state index in [1.165, 1.54) is 6.07 Å². The van der Waals surface area contributed by atoms with Crippen LogP contribution in [0.1, 0.15) is 16.7 Å². The van der Waals surface area contributed by atoms with Crippen molar-refractivity contribution in [3.8, 4) is 11.5 Å². The van der Waals surface area contributed by atoms with Crippen LogP contribution in [0.4, 0.5) is 5.69 Å². The minimum Gasteiger partial charge on any atom is -0.457 e. The number of aryl methyl sites for hydroxylation is 2. The second-order valence-corrected chi connectivity index (χ2v) is 5.71. The molecule has 0 aliphatic carbocycles. The lowest BCUT2D eigenvalue weighted by molar-refractivity contribution is -0.385. The van der Waals surface area contributed by atoms with Crippen LogP contribution in [0.25, 0.3) is 0 Å². The predicted molar refractivity (Wildman–Crippen MR) is 86.3 cm³/mol. The van der Waals surface area contributed by atoms with Gasteiger partial charge in [0.25, 0.3) is 5.69 Å². The van der Waals surface area contributed by atoms with E-state index < -0.39 is 4.92 Å². The maximum absolute atomic E-state index is 10.9. The quantitative estimate of drug-likeness (QED) is 0.405. The molecule has 2 aromatic carbocycles. The number of alkyl halides is 1. The number of nitro benzene ring substituents is 1. The first-order valence-electron chi connectivity index (χ1n) is 6.20. The summed E-state index contributed by atoms with van der Waals surface area (Å²) in [7, 11) is 0. The highest BCUT2D eigenvalue weighted by Crippen LogP contribution is 2.32. The van der Waals surface area contributed by atoms with E-state index >= 15 is 0 Å². The number of halogens is 2. The average molecular weight is 371 g/mol. The van der Waals surface area contributed by atoms with Gasteiger partial charge in [-0.15, -0.1) is 11.6 Å². The van der Waals surface area contributed by atoms with Gasteiger partial charge in [-0.25, -0.2) is 0 Å². The molecule has 6 heteroatoms. The SMILES string of the molecule is Cc1cc(Oc2ccc([N+](=O)[O-])c(CCl)c2)cc(C)c1Br. The molecule has 0 saturated carbocycles. The lowest BCUT2D eigenvalue weighted by Crippen LogP contribution is -1.95. The van der Waals surface area contributed by atoms with Crippen LogP contribution in [0.5, 0.6) is 11.5 Å². The summed E-state index contributed by atoms with van der Waals surface area (Å²) in [4.78, 5) is 10.4. The highest BCUT2D eigenvalue weighted by molar-refractivity contribution is 9.10. The van der Waals surface area contributed by atoms with Crippen molar-refractivity contribution >= 4 is 33.2 Å². The third kappa shape index (κ3) is 3.54. The van der Waals surface area contributed by atoms with Crippen molar-refractivity contribution in [3.63, 3.8) is 0 Å². The Hall–Kier alpha value is -1.59. The fraction of sp³-hybridized carbons (Fsp3) is 0.200. The van der Waals surface area contributed by atoms with Crippen LogP contribution in [0, 0.1) is 24.0 Å². The van der Waals surface area contributed by atoms with Crippen LogP contribution in [-0.2, 0) is 5.88 Å². The molecule has 0 amide bonds. The molecule has 0 spiro atoms. The normalized spacial score (nSPS) is 10.5. The maximum Gasteiger partial charge on any atom is 0.274 e. The molecule has 0 heterocycles. The van der Waals surface area contributed by atoms with Gasteiger partial charge in [-0.1, -0.05) is 15.9 Å². The van der Waals surface area contributed by atoms with Gasteiger partial charge >= 0.3 is 0 Å². The first-order valence-corrected chi connectivity index (χ1v) is 7.53. The molecular weight excluding hydrogens is 358 g/mol. The molecule has 21 heavy (non-hydrogen) atoms. The number of benzene rings is 2. The molecule has 0 radical (unpaired) electrons. The lowest BCUT2D eigenvalue weighted by atomic mass is 10.1. The van der Waals surface area contributed by atoms with Gasteiger partial charge in [-0.2, -0.15) is 0 Å². The van der Waals surface area contributed by atoms with Gasteiger partial charge in [0.15, 0.2) is 0 Å². The van der Waals surface area contributed by atoms with E-state index in [0.29, 0.717) is 17.1 Å². The third-order valence-corrected chi connectivity index (χ3v) is 4.58. The topological polar surface area (TPSA) is 52.4 Å². The Morgan fingerprint density at radius 1 is 1.19 bits per heavy atom. The summed E-state index contributed by atoms with van der Waals surface area (Å²) in [6.07, 6.45) is 0. The van der Waals surface area contributed by atoms with Crippen molar-refractivity contribution in [1.82, 2.24) is 0 Å². The van der Waals surface area contributed by atoms with Gasteiger partial charge in [0.05, 0.1) is 10.8 Å². The second kappa shape index (κ2) is 6.45. The standard InChI is InChI=1S/C15H13BrClNO3/c1-9-5-13(6-10(2)15(9)16)21-12-3-4-14(18(19)20)11(7-12)8-17/h3-7H,8H2,1-2H3. The van der Waals surface area contributed by atoms with Crippen LogP contribution in [0.2, 0.25) is 0 Å². The largest absolute Gasteiger partial charge is 0.457 e. The Morgan fingerprint density at radius 2 is 1.81 bits per heavy atom. The van der Waals surface area contributed by atoms with Crippen molar-refractivity contribution in [1.29, 1.82) is 0 Å². The van der Waals surface area contributed by atoms with Crippen molar-refractivity contribution in [3.05, 3.63) is 61.6 Å². The number of rotatable bonds is 4. The summed E-state index contributed by atoms with van der Waals surface area (Å²) in [6, 6.07) is 8.38. The number of ether oxygens (including phenoxy) is 1. The van der Waals surface area contributed by atoms with Crippen LogP contribution in [0.15, 0.2) is 34.8 Å². The van der Waals surface area contributed by atoms with E-state index in [1.807, 2.05) is 26.0 Å². The molecule has 0 aliphatic rings. The minimum absolute atomic E-state index is 0.000479. The van der Waals surface area contributed by atoms with Crippen molar-refractivity contribution in [2.45, 2.75) is 19.7 Å². The van der Waals surface area contributed by atoms with Gasteiger partial charge in [-0.3, -0.25) is 10.1 Å². The monoisotopic (exact) mass is 369 g/mol. The summed E-state index contributed by atoms with van der Waals surface area (Å²) in [5.74, 6) is 1.27. The fourth-order valence-corrected chi connectivity index (χ4v) is 2.45. The van der Waals surface area contributed by atoms with Gasteiger partial charge in [-0.05, 0) is 49.2 Å².